The highest BCUT2D eigenvalue weighted by Gasteiger charge is 2.56. The molecule has 0 bridgehead atoms. The Morgan fingerprint density at radius 1 is 1.33 bits per heavy atom. The topological polar surface area (TPSA) is 41.6 Å². The summed E-state index contributed by atoms with van der Waals surface area (Å²) in [6.45, 7) is 8.35. The number of benzene rings is 1. The second-order valence-corrected chi connectivity index (χ2v) is 7.32. The first-order chi connectivity index (χ1) is 9.88. The normalized spacial score (nSPS) is 23.4. The Kier molecular flexibility index (Phi) is 3.44. The van der Waals surface area contributed by atoms with Crippen molar-refractivity contribution in [2.24, 2.45) is 5.41 Å². The lowest BCUT2D eigenvalue weighted by atomic mass is 9.66. The molecule has 1 atom stereocenters. The Labute approximate surface area is 126 Å². The van der Waals surface area contributed by atoms with E-state index in [1.54, 1.807) is 0 Å². The number of nitrogens with one attached hydrogen (secondary N) is 1. The average Bonchev–Trinajstić information content (AvgIpc) is 2.32. The molecule has 0 aromatic heterocycles. The maximum atomic E-state index is 12.0. The van der Waals surface area contributed by atoms with Crippen LogP contribution >= 0.6 is 0 Å². The minimum atomic E-state index is -0.416. The van der Waals surface area contributed by atoms with E-state index in [2.05, 4.69) is 29.6 Å². The van der Waals surface area contributed by atoms with Gasteiger partial charge in [0.1, 0.15) is 5.60 Å². The van der Waals surface area contributed by atoms with Gasteiger partial charge in [-0.05, 0) is 32.8 Å². The molecule has 114 valence electrons. The molecule has 0 unspecified atom stereocenters. The number of hydrogen-bond acceptors (Lipinski definition) is 3. The Balaban J connectivity index is 1.54. The van der Waals surface area contributed by atoms with Gasteiger partial charge in [-0.3, -0.25) is 0 Å². The summed E-state index contributed by atoms with van der Waals surface area (Å²) in [5.41, 5.74) is 1.19. The molecule has 0 radical (unpaired) electrons. The molecule has 21 heavy (non-hydrogen) atoms. The number of likely N-dealkylation sites (tertiary alicyclic amines) is 1. The van der Waals surface area contributed by atoms with Gasteiger partial charge in [-0.25, -0.2) is 4.79 Å². The SMILES string of the molecule is CC(C)(C)OC(=O)N1CC2(CN[C@H]2Cc2ccccc2)C1. The lowest BCUT2D eigenvalue weighted by molar-refractivity contribution is -0.0837. The van der Waals surface area contributed by atoms with Crippen molar-refractivity contribution < 1.29 is 9.53 Å². The summed E-state index contributed by atoms with van der Waals surface area (Å²) >= 11 is 0. The second-order valence-electron chi connectivity index (χ2n) is 7.32. The van der Waals surface area contributed by atoms with Gasteiger partial charge in [-0.1, -0.05) is 30.3 Å². The first-order valence-corrected chi connectivity index (χ1v) is 7.63. The van der Waals surface area contributed by atoms with E-state index in [0.29, 0.717) is 6.04 Å². The van der Waals surface area contributed by atoms with Crippen molar-refractivity contribution in [3.8, 4) is 0 Å². The molecule has 1 amide bonds. The molecule has 4 nitrogen and oxygen atoms in total. The van der Waals surface area contributed by atoms with Crippen LogP contribution in [0, 0.1) is 5.41 Å². The molecule has 1 aromatic rings. The lowest BCUT2D eigenvalue weighted by Crippen LogP contribution is -2.77. The Bertz CT molecular complexity index is 515. The molecule has 2 aliphatic heterocycles. The molecule has 3 rings (SSSR count). The third kappa shape index (κ3) is 2.91. The van der Waals surface area contributed by atoms with Crippen LogP contribution in [0.5, 0.6) is 0 Å². The summed E-state index contributed by atoms with van der Waals surface area (Å²) in [5.74, 6) is 0. The summed E-state index contributed by atoms with van der Waals surface area (Å²) in [6, 6.07) is 11.0. The minimum Gasteiger partial charge on any atom is -0.444 e. The zero-order valence-corrected chi connectivity index (χ0v) is 13.1. The van der Waals surface area contributed by atoms with Crippen LogP contribution in [-0.4, -0.2) is 42.3 Å². The zero-order chi connectivity index (χ0) is 15.1. The van der Waals surface area contributed by atoms with E-state index in [-0.39, 0.29) is 11.5 Å². The van der Waals surface area contributed by atoms with E-state index in [9.17, 15) is 4.79 Å². The largest absolute Gasteiger partial charge is 0.444 e. The predicted octanol–water partition coefficient (Wildman–Crippen LogP) is 2.44. The highest BCUT2D eigenvalue weighted by molar-refractivity contribution is 5.69. The summed E-state index contributed by atoms with van der Waals surface area (Å²) in [4.78, 5) is 13.8. The van der Waals surface area contributed by atoms with Crippen molar-refractivity contribution in [1.29, 1.82) is 0 Å². The summed E-state index contributed by atoms with van der Waals surface area (Å²) < 4.78 is 5.42. The molecule has 4 heteroatoms. The minimum absolute atomic E-state index is 0.182. The van der Waals surface area contributed by atoms with E-state index in [4.69, 9.17) is 4.74 Å². The van der Waals surface area contributed by atoms with Gasteiger partial charge in [0.25, 0.3) is 0 Å². The molecule has 2 aliphatic rings. The van der Waals surface area contributed by atoms with Gasteiger partial charge < -0.3 is 15.0 Å². The van der Waals surface area contributed by atoms with Gasteiger partial charge >= 0.3 is 6.09 Å². The van der Waals surface area contributed by atoms with Crippen LogP contribution in [0.4, 0.5) is 4.79 Å². The van der Waals surface area contributed by atoms with Gasteiger partial charge in [-0.15, -0.1) is 0 Å². The Morgan fingerprint density at radius 2 is 2.00 bits per heavy atom. The first-order valence-electron chi connectivity index (χ1n) is 7.63. The van der Waals surface area contributed by atoms with E-state index in [1.165, 1.54) is 5.56 Å². The van der Waals surface area contributed by atoms with Crippen molar-refractivity contribution in [2.45, 2.75) is 38.8 Å². The van der Waals surface area contributed by atoms with Crippen molar-refractivity contribution >= 4 is 6.09 Å². The third-order valence-corrected chi connectivity index (χ3v) is 4.39. The monoisotopic (exact) mass is 288 g/mol. The number of hydrogen-bond donors (Lipinski definition) is 1. The first kappa shape index (κ1) is 14.4. The van der Waals surface area contributed by atoms with Crippen LogP contribution in [0.25, 0.3) is 0 Å². The smallest absolute Gasteiger partial charge is 0.410 e. The van der Waals surface area contributed by atoms with Crippen molar-refractivity contribution in [3.63, 3.8) is 0 Å². The molecule has 2 heterocycles. The maximum absolute atomic E-state index is 12.0. The standard InChI is InChI=1S/C17H24N2O2/c1-16(2,3)21-15(20)19-11-17(12-19)10-18-14(17)9-13-7-5-4-6-8-13/h4-8,14,18H,9-12H2,1-3H3/t14-/m0/s1. The van der Waals surface area contributed by atoms with Gasteiger partial charge in [0.2, 0.25) is 0 Å². The summed E-state index contributed by atoms with van der Waals surface area (Å²) in [6.07, 6.45) is 0.849. The number of amides is 1. The van der Waals surface area contributed by atoms with Crippen LogP contribution in [0.2, 0.25) is 0 Å². The van der Waals surface area contributed by atoms with E-state index >= 15 is 0 Å². The Morgan fingerprint density at radius 3 is 2.52 bits per heavy atom. The van der Waals surface area contributed by atoms with E-state index in [1.807, 2.05) is 31.7 Å². The molecule has 2 saturated heterocycles. The fraction of sp³-hybridized carbons (Fsp3) is 0.588. The van der Waals surface area contributed by atoms with Crippen molar-refractivity contribution in [1.82, 2.24) is 10.2 Å². The van der Waals surface area contributed by atoms with E-state index in [0.717, 1.165) is 26.1 Å². The third-order valence-electron chi connectivity index (χ3n) is 4.39. The van der Waals surface area contributed by atoms with Gasteiger partial charge in [0.15, 0.2) is 0 Å². The van der Waals surface area contributed by atoms with Crippen LogP contribution in [0.1, 0.15) is 26.3 Å². The predicted molar refractivity (Wildman–Crippen MR) is 82.2 cm³/mol. The summed E-state index contributed by atoms with van der Waals surface area (Å²) in [5, 5.41) is 3.52. The number of nitrogens with zero attached hydrogens (tertiary/aromatic N) is 1. The number of ether oxygens (including phenoxy) is 1. The highest BCUT2D eigenvalue weighted by atomic mass is 16.6. The summed E-state index contributed by atoms with van der Waals surface area (Å²) in [7, 11) is 0. The number of carbonyl (C=O) groups is 1. The molecule has 0 aliphatic carbocycles. The van der Waals surface area contributed by atoms with Gasteiger partial charge in [0.05, 0.1) is 0 Å². The molecule has 0 saturated carbocycles. The van der Waals surface area contributed by atoms with Crippen LogP contribution < -0.4 is 5.32 Å². The fourth-order valence-electron chi connectivity index (χ4n) is 3.18. The van der Waals surface area contributed by atoms with Crippen LogP contribution in [-0.2, 0) is 11.2 Å². The highest BCUT2D eigenvalue weighted by Crippen LogP contribution is 2.41. The molecule has 1 aromatic carbocycles. The molecule has 2 fully saturated rings. The number of carbonyl (C=O) groups excluding carboxylic acids is 1. The molecule has 1 spiro atoms. The molecule has 1 N–H and O–H groups in total. The van der Waals surface area contributed by atoms with Crippen LogP contribution in [0.15, 0.2) is 30.3 Å². The quantitative estimate of drug-likeness (QED) is 0.909. The molecular formula is C17H24N2O2. The average molecular weight is 288 g/mol. The molecular weight excluding hydrogens is 264 g/mol. The van der Waals surface area contributed by atoms with Gasteiger partial charge in [0, 0.05) is 31.1 Å². The lowest BCUT2D eigenvalue weighted by Gasteiger charge is -2.60. The van der Waals surface area contributed by atoms with E-state index < -0.39 is 5.60 Å². The van der Waals surface area contributed by atoms with Crippen molar-refractivity contribution in [3.05, 3.63) is 35.9 Å². The Hall–Kier alpha value is -1.55. The fourth-order valence-corrected chi connectivity index (χ4v) is 3.18. The number of rotatable bonds is 2. The van der Waals surface area contributed by atoms with Crippen molar-refractivity contribution in [2.75, 3.05) is 19.6 Å². The maximum Gasteiger partial charge on any atom is 0.410 e. The zero-order valence-electron chi connectivity index (χ0n) is 13.1. The van der Waals surface area contributed by atoms with Crippen LogP contribution in [0.3, 0.4) is 0 Å². The second kappa shape index (κ2) is 5.02. The van der Waals surface area contributed by atoms with Gasteiger partial charge in [-0.2, -0.15) is 0 Å².